The molecule has 0 N–H and O–H groups in total. The first-order valence-corrected chi connectivity index (χ1v) is 9.13. The second-order valence-corrected chi connectivity index (χ2v) is 6.56. The highest BCUT2D eigenvalue weighted by Crippen LogP contribution is 2.34. The molecule has 148 valence electrons. The molecule has 4 rings (SSSR count). The minimum absolute atomic E-state index is 0.424. The van der Waals surface area contributed by atoms with Crippen LogP contribution < -0.4 is 4.74 Å². The molecule has 0 atom stereocenters. The van der Waals surface area contributed by atoms with Crippen molar-refractivity contribution in [1.29, 1.82) is 0 Å². The number of halogens is 3. The first-order valence-electron chi connectivity index (χ1n) is 9.13. The van der Waals surface area contributed by atoms with Gasteiger partial charge in [-0.25, -0.2) is 9.50 Å². The van der Waals surface area contributed by atoms with Gasteiger partial charge in [0.2, 0.25) is 0 Å². The van der Waals surface area contributed by atoms with Crippen LogP contribution in [0.3, 0.4) is 0 Å². The standard InChI is InChI=1S/C22H18F3N3O/c1-3-29-18-9-7-15(8-10-18)20-14(2)27-28-19(11-12-26-21(20)28)16-5-4-6-17(13-16)22(23,24)25/h4-13H,3H2,1-2H3. The zero-order valence-corrected chi connectivity index (χ0v) is 15.9. The fraction of sp³-hybridized carbons (Fsp3) is 0.182. The summed E-state index contributed by atoms with van der Waals surface area (Å²) in [7, 11) is 0. The van der Waals surface area contributed by atoms with Gasteiger partial charge >= 0.3 is 6.18 Å². The quantitative estimate of drug-likeness (QED) is 0.438. The van der Waals surface area contributed by atoms with E-state index in [2.05, 4.69) is 10.1 Å². The van der Waals surface area contributed by atoms with Crippen molar-refractivity contribution in [2.75, 3.05) is 6.61 Å². The summed E-state index contributed by atoms with van der Waals surface area (Å²) in [6.07, 6.45) is -2.82. The minimum atomic E-state index is -4.41. The van der Waals surface area contributed by atoms with E-state index in [0.717, 1.165) is 34.7 Å². The van der Waals surface area contributed by atoms with Crippen LogP contribution in [0.1, 0.15) is 18.2 Å². The largest absolute Gasteiger partial charge is 0.494 e. The van der Waals surface area contributed by atoms with Crippen molar-refractivity contribution in [2.24, 2.45) is 0 Å². The molecule has 0 fully saturated rings. The monoisotopic (exact) mass is 397 g/mol. The number of nitrogens with zero attached hydrogens (tertiary/aromatic N) is 3. The van der Waals surface area contributed by atoms with Crippen molar-refractivity contribution in [1.82, 2.24) is 14.6 Å². The van der Waals surface area contributed by atoms with E-state index in [1.54, 1.807) is 22.8 Å². The zero-order valence-electron chi connectivity index (χ0n) is 15.9. The van der Waals surface area contributed by atoms with Crippen LogP contribution in [0.2, 0.25) is 0 Å². The summed E-state index contributed by atoms with van der Waals surface area (Å²) in [5.74, 6) is 0.767. The smallest absolute Gasteiger partial charge is 0.416 e. The SMILES string of the molecule is CCOc1ccc(-c2c(C)nn3c(-c4cccc(C(F)(F)F)c4)ccnc23)cc1. The van der Waals surface area contributed by atoms with Crippen molar-refractivity contribution in [2.45, 2.75) is 20.0 Å². The number of rotatable bonds is 4. The molecule has 0 radical (unpaired) electrons. The van der Waals surface area contributed by atoms with Crippen LogP contribution in [0.4, 0.5) is 13.2 Å². The van der Waals surface area contributed by atoms with E-state index in [1.807, 2.05) is 38.1 Å². The molecule has 7 heteroatoms. The van der Waals surface area contributed by atoms with Crippen LogP contribution >= 0.6 is 0 Å². The van der Waals surface area contributed by atoms with Crippen molar-refractivity contribution >= 4 is 5.65 Å². The maximum absolute atomic E-state index is 13.1. The van der Waals surface area contributed by atoms with E-state index in [1.165, 1.54) is 6.07 Å². The molecule has 2 heterocycles. The van der Waals surface area contributed by atoms with Crippen molar-refractivity contribution in [3.05, 3.63) is 72.1 Å². The van der Waals surface area contributed by atoms with E-state index < -0.39 is 11.7 Å². The Bertz CT molecular complexity index is 1160. The Morgan fingerprint density at radius 2 is 1.76 bits per heavy atom. The van der Waals surface area contributed by atoms with Gasteiger partial charge in [0.15, 0.2) is 5.65 Å². The fourth-order valence-electron chi connectivity index (χ4n) is 3.35. The van der Waals surface area contributed by atoms with E-state index >= 15 is 0 Å². The summed E-state index contributed by atoms with van der Waals surface area (Å²) in [5, 5.41) is 4.56. The highest BCUT2D eigenvalue weighted by Gasteiger charge is 2.30. The lowest BCUT2D eigenvalue weighted by molar-refractivity contribution is -0.137. The third kappa shape index (κ3) is 3.55. The molecule has 2 aromatic heterocycles. The molecule has 0 saturated heterocycles. The van der Waals surface area contributed by atoms with Crippen molar-refractivity contribution in [3.8, 4) is 28.1 Å². The van der Waals surface area contributed by atoms with Gasteiger partial charge in [0, 0.05) is 17.3 Å². The summed E-state index contributed by atoms with van der Waals surface area (Å²) in [6.45, 7) is 4.36. The third-order valence-corrected chi connectivity index (χ3v) is 4.63. The van der Waals surface area contributed by atoms with Gasteiger partial charge in [-0.2, -0.15) is 18.3 Å². The lowest BCUT2D eigenvalue weighted by Gasteiger charge is -2.10. The molecule has 0 spiro atoms. The molecule has 0 aliphatic rings. The van der Waals surface area contributed by atoms with Gasteiger partial charge in [0.05, 0.1) is 23.6 Å². The fourth-order valence-corrected chi connectivity index (χ4v) is 3.35. The molecule has 0 aliphatic carbocycles. The number of hydrogen-bond acceptors (Lipinski definition) is 3. The predicted octanol–water partition coefficient (Wildman–Crippen LogP) is 5.79. The molecule has 0 saturated carbocycles. The molecule has 0 unspecified atom stereocenters. The summed E-state index contributed by atoms with van der Waals surface area (Å²) >= 11 is 0. The Kier molecular flexibility index (Phi) is 4.74. The molecule has 0 aliphatic heterocycles. The van der Waals surface area contributed by atoms with E-state index in [4.69, 9.17) is 4.74 Å². The highest BCUT2D eigenvalue weighted by molar-refractivity contribution is 5.81. The first-order chi connectivity index (χ1) is 13.9. The Balaban J connectivity index is 1.85. The average molecular weight is 397 g/mol. The number of hydrogen-bond donors (Lipinski definition) is 0. The van der Waals surface area contributed by atoms with Gasteiger partial charge in [-0.15, -0.1) is 0 Å². The number of ether oxygens (including phenoxy) is 1. The van der Waals surface area contributed by atoms with E-state index in [9.17, 15) is 13.2 Å². The Morgan fingerprint density at radius 1 is 1.00 bits per heavy atom. The Morgan fingerprint density at radius 3 is 2.45 bits per heavy atom. The molecule has 0 bridgehead atoms. The predicted molar refractivity (Wildman–Crippen MR) is 105 cm³/mol. The van der Waals surface area contributed by atoms with Gasteiger partial charge in [0.1, 0.15) is 5.75 Å². The van der Waals surface area contributed by atoms with Crippen LogP contribution in [0.25, 0.3) is 28.0 Å². The molecule has 2 aromatic carbocycles. The van der Waals surface area contributed by atoms with Gasteiger partial charge in [-0.05, 0) is 49.7 Å². The number of fused-ring (bicyclic) bond motifs is 1. The maximum atomic E-state index is 13.1. The highest BCUT2D eigenvalue weighted by atomic mass is 19.4. The number of benzene rings is 2. The number of aryl methyl sites for hydroxylation is 1. The topological polar surface area (TPSA) is 39.4 Å². The van der Waals surface area contributed by atoms with Crippen LogP contribution in [-0.4, -0.2) is 21.2 Å². The molecular formula is C22H18F3N3O. The molecule has 4 aromatic rings. The zero-order chi connectivity index (χ0) is 20.6. The molecule has 29 heavy (non-hydrogen) atoms. The van der Waals surface area contributed by atoms with E-state index in [-0.39, 0.29) is 0 Å². The normalized spacial score (nSPS) is 11.8. The van der Waals surface area contributed by atoms with Crippen LogP contribution in [-0.2, 0) is 6.18 Å². The van der Waals surface area contributed by atoms with E-state index in [0.29, 0.717) is 23.5 Å². The minimum Gasteiger partial charge on any atom is -0.494 e. The summed E-state index contributed by atoms with van der Waals surface area (Å²) in [4.78, 5) is 4.44. The number of alkyl halides is 3. The summed E-state index contributed by atoms with van der Waals surface area (Å²) in [5.41, 5.74) is 3.34. The number of aromatic nitrogens is 3. The van der Waals surface area contributed by atoms with Crippen molar-refractivity contribution < 1.29 is 17.9 Å². The van der Waals surface area contributed by atoms with Crippen LogP contribution in [0, 0.1) is 6.92 Å². The van der Waals surface area contributed by atoms with Crippen LogP contribution in [0.5, 0.6) is 5.75 Å². The average Bonchev–Trinajstić information content (AvgIpc) is 3.04. The first kappa shape index (κ1) is 19.0. The summed E-state index contributed by atoms with van der Waals surface area (Å²) in [6, 6.07) is 14.5. The molecular weight excluding hydrogens is 379 g/mol. The van der Waals surface area contributed by atoms with Crippen LogP contribution in [0.15, 0.2) is 60.8 Å². The van der Waals surface area contributed by atoms with Gasteiger partial charge < -0.3 is 4.74 Å². The summed E-state index contributed by atoms with van der Waals surface area (Å²) < 4.78 is 46.5. The second-order valence-electron chi connectivity index (χ2n) is 6.56. The second kappa shape index (κ2) is 7.24. The van der Waals surface area contributed by atoms with Crippen molar-refractivity contribution in [3.63, 3.8) is 0 Å². The third-order valence-electron chi connectivity index (χ3n) is 4.63. The van der Waals surface area contributed by atoms with Gasteiger partial charge in [-0.3, -0.25) is 0 Å². The molecule has 0 amide bonds. The van der Waals surface area contributed by atoms with Gasteiger partial charge in [0.25, 0.3) is 0 Å². The Labute approximate surface area is 165 Å². The maximum Gasteiger partial charge on any atom is 0.416 e. The lowest BCUT2D eigenvalue weighted by Crippen LogP contribution is -2.05. The van der Waals surface area contributed by atoms with Gasteiger partial charge in [-0.1, -0.05) is 24.3 Å². The molecule has 4 nitrogen and oxygen atoms in total. The Hall–Kier alpha value is -3.35. The lowest BCUT2D eigenvalue weighted by atomic mass is 10.1.